The van der Waals surface area contributed by atoms with Gasteiger partial charge in [0.2, 0.25) is 5.91 Å². The van der Waals surface area contributed by atoms with Crippen molar-refractivity contribution < 1.29 is 4.79 Å². The minimum absolute atomic E-state index is 0.179. The molecule has 0 heterocycles. The highest BCUT2D eigenvalue weighted by Gasteiger charge is 2.16. The second-order valence-electron chi connectivity index (χ2n) is 3.67. The van der Waals surface area contributed by atoms with Crippen LogP contribution in [0.5, 0.6) is 0 Å². The van der Waals surface area contributed by atoms with Gasteiger partial charge < -0.3 is 4.90 Å². The Hall–Kier alpha value is -0.0500. The van der Waals surface area contributed by atoms with Crippen LogP contribution in [0.15, 0.2) is 0 Å². The molecule has 1 amide bonds. The quantitative estimate of drug-likeness (QED) is 0.686. The smallest absolute Gasteiger partial charge is 0.233 e. The molecule has 0 spiro atoms. The van der Waals surface area contributed by atoms with Crippen LogP contribution in [0.25, 0.3) is 0 Å². The van der Waals surface area contributed by atoms with E-state index in [0.29, 0.717) is 17.3 Å². The van der Waals surface area contributed by atoms with Crippen molar-refractivity contribution in [3.05, 3.63) is 0 Å². The molecule has 0 aliphatic rings. The summed E-state index contributed by atoms with van der Waals surface area (Å²) in [5, 5.41) is 0.428. The lowest BCUT2D eigenvalue weighted by Gasteiger charge is -2.27. The molecular formula is C9H18BrNO. The van der Waals surface area contributed by atoms with Crippen molar-refractivity contribution in [3.8, 4) is 0 Å². The third-order valence-corrected chi connectivity index (χ3v) is 2.10. The van der Waals surface area contributed by atoms with E-state index in [1.165, 1.54) is 0 Å². The largest absolute Gasteiger partial charge is 0.339 e. The van der Waals surface area contributed by atoms with Crippen LogP contribution in [-0.4, -0.2) is 28.7 Å². The minimum Gasteiger partial charge on any atom is -0.339 e. The van der Waals surface area contributed by atoms with E-state index in [0.717, 1.165) is 6.54 Å². The molecule has 72 valence electrons. The standard InChI is InChI=1S/C9H18BrNO/c1-7(2)6-11(8(3)4)9(12)5-10/h7-8H,5-6H2,1-4H3. The number of alkyl halides is 1. The molecule has 0 atom stereocenters. The molecule has 0 saturated carbocycles. The van der Waals surface area contributed by atoms with E-state index >= 15 is 0 Å². The fourth-order valence-electron chi connectivity index (χ4n) is 1.07. The first-order valence-corrected chi connectivity index (χ1v) is 5.46. The molecule has 0 rings (SSSR count). The molecule has 0 aliphatic carbocycles. The number of hydrogen-bond acceptors (Lipinski definition) is 1. The Morgan fingerprint density at radius 1 is 1.33 bits per heavy atom. The van der Waals surface area contributed by atoms with E-state index in [2.05, 4.69) is 29.8 Å². The predicted molar refractivity (Wildman–Crippen MR) is 55.5 cm³/mol. The molecule has 0 radical (unpaired) electrons. The van der Waals surface area contributed by atoms with Crippen molar-refractivity contribution in [2.75, 3.05) is 11.9 Å². The summed E-state index contributed by atoms with van der Waals surface area (Å²) in [6, 6.07) is 0.303. The molecular weight excluding hydrogens is 218 g/mol. The zero-order valence-corrected chi connectivity index (χ0v) is 9.89. The molecule has 0 aromatic heterocycles. The van der Waals surface area contributed by atoms with Gasteiger partial charge in [-0.1, -0.05) is 29.8 Å². The Labute approximate surface area is 83.4 Å². The summed E-state index contributed by atoms with van der Waals surface area (Å²) in [6.45, 7) is 9.18. The fraction of sp³-hybridized carbons (Fsp3) is 0.889. The Balaban J connectivity index is 4.13. The first-order chi connectivity index (χ1) is 5.49. The molecule has 0 N–H and O–H groups in total. The topological polar surface area (TPSA) is 20.3 Å². The second-order valence-corrected chi connectivity index (χ2v) is 4.23. The van der Waals surface area contributed by atoms with Crippen LogP contribution in [0.3, 0.4) is 0 Å². The number of carbonyl (C=O) groups is 1. The molecule has 0 aromatic carbocycles. The number of hydrogen-bond donors (Lipinski definition) is 0. The van der Waals surface area contributed by atoms with Crippen molar-refractivity contribution in [3.63, 3.8) is 0 Å². The monoisotopic (exact) mass is 235 g/mol. The lowest BCUT2D eigenvalue weighted by molar-refractivity contribution is -0.130. The van der Waals surface area contributed by atoms with Gasteiger partial charge in [0.25, 0.3) is 0 Å². The lowest BCUT2D eigenvalue weighted by atomic mass is 10.2. The summed E-state index contributed by atoms with van der Waals surface area (Å²) >= 11 is 3.18. The highest BCUT2D eigenvalue weighted by atomic mass is 79.9. The van der Waals surface area contributed by atoms with Gasteiger partial charge in [0.1, 0.15) is 0 Å². The van der Waals surface area contributed by atoms with Gasteiger partial charge >= 0.3 is 0 Å². The zero-order valence-electron chi connectivity index (χ0n) is 8.30. The van der Waals surface area contributed by atoms with Crippen molar-refractivity contribution >= 4 is 21.8 Å². The highest BCUT2D eigenvalue weighted by molar-refractivity contribution is 9.09. The lowest BCUT2D eigenvalue weighted by Crippen LogP contribution is -2.40. The number of halogens is 1. The van der Waals surface area contributed by atoms with Crippen molar-refractivity contribution in [1.29, 1.82) is 0 Å². The van der Waals surface area contributed by atoms with Gasteiger partial charge in [-0.15, -0.1) is 0 Å². The maximum atomic E-state index is 11.4. The third-order valence-electron chi connectivity index (χ3n) is 1.62. The highest BCUT2D eigenvalue weighted by Crippen LogP contribution is 2.05. The maximum absolute atomic E-state index is 11.4. The summed E-state index contributed by atoms with van der Waals surface area (Å²) in [5.41, 5.74) is 0. The van der Waals surface area contributed by atoms with Gasteiger partial charge in [-0.25, -0.2) is 0 Å². The second kappa shape index (κ2) is 5.57. The van der Waals surface area contributed by atoms with Gasteiger partial charge in [-0.2, -0.15) is 0 Å². The van der Waals surface area contributed by atoms with E-state index in [1.54, 1.807) is 0 Å². The molecule has 0 unspecified atom stereocenters. The summed E-state index contributed by atoms with van der Waals surface area (Å²) < 4.78 is 0. The molecule has 12 heavy (non-hydrogen) atoms. The average molecular weight is 236 g/mol. The predicted octanol–water partition coefficient (Wildman–Crippen LogP) is 2.27. The Bertz CT molecular complexity index is 145. The number of nitrogens with zero attached hydrogens (tertiary/aromatic N) is 1. The van der Waals surface area contributed by atoms with E-state index in [9.17, 15) is 4.79 Å². The molecule has 0 aromatic rings. The average Bonchev–Trinajstić information content (AvgIpc) is 1.98. The zero-order chi connectivity index (χ0) is 9.72. The van der Waals surface area contributed by atoms with Gasteiger partial charge in [0.15, 0.2) is 0 Å². The van der Waals surface area contributed by atoms with Crippen LogP contribution in [0.2, 0.25) is 0 Å². The van der Waals surface area contributed by atoms with E-state index in [1.807, 2.05) is 18.7 Å². The van der Waals surface area contributed by atoms with Crippen LogP contribution >= 0.6 is 15.9 Å². The maximum Gasteiger partial charge on any atom is 0.233 e. The van der Waals surface area contributed by atoms with E-state index in [-0.39, 0.29) is 5.91 Å². The first-order valence-electron chi connectivity index (χ1n) is 4.34. The number of amides is 1. The summed E-state index contributed by atoms with van der Waals surface area (Å²) in [6.07, 6.45) is 0. The van der Waals surface area contributed by atoms with Crippen molar-refractivity contribution in [2.45, 2.75) is 33.7 Å². The summed E-state index contributed by atoms with van der Waals surface area (Å²) in [5.74, 6) is 0.717. The molecule has 0 bridgehead atoms. The van der Waals surface area contributed by atoms with Gasteiger partial charge in [-0.3, -0.25) is 4.79 Å². The van der Waals surface area contributed by atoms with E-state index < -0.39 is 0 Å². The normalized spacial score (nSPS) is 10.9. The van der Waals surface area contributed by atoms with E-state index in [4.69, 9.17) is 0 Å². The van der Waals surface area contributed by atoms with Crippen LogP contribution in [0, 0.1) is 5.92 Å². The molecule has 3 heteroatoms. The molecule has 2 nitrogen and oxygen atoms in total. The van der Waals surface area contributed by atoms with Crippen LogP contribution in [-0.2, 0) is 4.79 Å². The van der Waals surface area contributed by atoms with Gasteiger partial charge in [0.05, 0.1) is 5.33 Å². The Morgan fingerprint density at radius 3 is 2.08 bits per heavy atom. The Kier molecular flexibility index (Phi) is 5.55. The van der Waals surface area contributed by atoms with Crippen molar-refractivity contribution in [1.82, 2.24) is 4.90 Å². The molecule has 0 fully saturated rings. The van der Waals surface area contributed by atoms with Crippen molar-refractivity contribution in [2.24, 2.45) is 5.92 Å². The van der Waals surface area contributed by atoms with Crippen LogP contribution < -0.4 is 0 Å². The fourth-order valence-corrected chi connectivity index (χ4v) is 1.39. The molecule has 0 aliphatic heterocycles. The first kappa shape index (κ1) is 11.9. The van der Waals surface area contributed by atoms with Crippen LogP contribution in [0.4, 0.5) is 0 Å². The summed E-state index contributed by atoms with van der Waals surface area (Å²) in [4.78, 5) is 13.3. The third kappa shape index (κ3) is 4.10. The molecule has 0 saturated heterocycles. The number of rotatable bonds is 4. The Morgan fingerprint density at radius 2 is 1.83 bits per heavy atom. The van der Waals surface area contributed by atoms with Gasteiger partial charge in [-0.05, 0) is 19.8 Å². The number of carbonyl (C=O) groups excluding carboxylic acids is 1. The minimum atomic E-state index is 0.179. The SMILES string of the molecule is CC(C)CN(C(=O)CBr)C(C)C. The van der Waals surface area contributed by atoms with Gasteiger partial charge in [0, 0.05) is 12.6 Å². The summed E-state index contributed by atoms with van der Waals surface area (Å²) in [7, 11) is 0. The van der Waals surface area contributed by atoms with Crippen LogP contribution in [0.1, 0.15) is 27.7 Å².